The van der Waals surface area contributed by atoms with E-state index in [-0.39, 0.29) is 5.92 Å². The Balaban J connectivity index is 1.62. The maximum Gasteiger partial charge on any atom is 0.248 e. The van der Waals surface area contributed by atoms with Crippen molar-refractivity contribution in [2.24, 2.45) is 0 Å². The monoisotopic (exact) mass is 317 g/mol. The van der Waals surface area contributed by atoms with Crippen molar-refractivity contribution in [1.82, 2.24) is 4.98 Å². The maximum absolute atomic E-state index is 13.3. The predicted octanol–water partition coefficient (Wildman–Crippen LogP) is 5.20. The highest BCUT2D eigenvalue weighted by atomic mass is 19.2. The second-order valence-electron chi connectivity index (χ2n) is 6.09. The fraction of sp³-hybridized carbons (Fsp3) is 0.421. The molecule has 2 nitrogen and oxygen atoms in total. The molecule has 1 aromatic carbocycles. The van der Waals surface area contributed by atoms with Gasteiger partial charge in [0.1, 0.15) is 5.75 Å². The second kappa shape index (κ2) is 7.07. The molecular formula is C19H21F2NO. The minimum absolute atomic E-state index is 0.275. The standard InChI is InChI=1S/C19H21F2NO/c1-2-23-17-9-7-14(8-10-17)13-3-5-15(6-4-13)16-11-18(20)19(21)22-12-16/h7-13,15H,2-6H2,1H3/t13-,15-. The lowest BCUT2D eigenvalue weighted by Gasteiger charge is -2.29. The van der Waals surface area contributed by atoms with Gasteiger partial charge in [-0.15, -0.1) is 0 Å². The van der Waals surface area contributed by atoms with Crippen LogP contribution in [0.5, 0.6) is 5.75 Å². The van der Waals surface area contributed by atoms with Crippen LogP contribution in [-0.4, -0.2) is 11.6 Å². The molecule has 1 aromatic heterocycles. The number of benzene rings is 1. The molecule has 0 unspecified atom stereocenters. The largest absolute Gasteiger partial charge is 0.494 e. The highest BCUT2D eigenvalue weighted by Crippen LogP contribution is 2.40. The van der Waals surface area contributed by atoms with Gasteiger partial charge >= 0.3 is 0 Å². The van der Waals surface area contributed by atoms with Crippen molar-refractivity contribution in [1.29, 1.82) is 0 Å². The SMILES string of the molecule is CCOc1ccc([C@H]2CC[C@H](c3cnc(F)c(F)c3)CC2)cc1. The molecule has 3 rings (SSSR count). The Hall–Kier alpha value is -1.97. The van der Waals surface area contributed by atoms with Crippen LogP contribution in [-0.2, 0) is 0 Å². The first kappa shape index (κ1) is 15.9. The van der Waals surface area contributed by atoms with E-state index in [4.69, 9.17) is 4.74 Å². The summed E-state index contributed by atoms with van der Waals surface area (Å²) < 4.78 is 31.7. The molecule has 0 bridgehead atoms. The highest BCUT2D eigenvalue weighted by Gasteiger charge is 2.24. The molecule has 1 aliphatic carbocycles. The number of hydrogen-bond acceptors (Lipinski definition) is 2. The number of pyridine rings is 1. The molecule has 1 aliphatic rings. The summed E-state index contributed by atoms with van der Waals surface area (Å²) in [5, 5.41) is 0. The normalized spacial score (nSPS) is 21.2. The molecule has 0 radical (unpaired) electrons. The lowest BCUT2D eigenvalue weighted by Crippen LogP contribution is -2.13. The van der Waals surface area contributed by atoms with Gasteiger partial charge in [-0.05, 0) is 73.8 Å². The summed E-state index contributed by atoms with van der Waals surface area (Å²) in [6.45, 7) is 2.65. The molecule has 2 aromatic rings. The van der Waals surface area contributed by atoms with E-state index in [1.807, 2.05) is 19.1 Å². The zero-order chi connectivity index (χ0) is 16.2. The van der Waals surface area contributed by atoms with Crippen molar-refractivity contribution in [3.8, 4) is 5.75 Å². The Morgan fingerprint density at radius 2 is 1.61 bits per heavy atom. The van der Waals surface area contributed by atoms with Gasteiger partial charge in [-0.25, -0.2) is 9.37 Å². The van der Waals surface area contributed by atoms with Gasteiger partial charge in [-0.1, -0.05) is 12.1 Å². The van der Waals surface area contributed by atoms with Crippen LogP contribution in [0.2, 0.25) is 0 Å². The third-order valence-electron chi connectivity index (χ3n) is 4.68. The first-order chi connectivity index (χ1) is 11.2. The molecule has 23 heavy (non-hydrogen) atoms. The molecule has 122 valence electrons. The average molecular weight is 317 g/mol. The van der Waals surface area contributed by atoms with Gasteiger partial charge in [0.25, 0.3) is 0 Å². The quantitative estimate of drug-likeness (QED) is 0.723. The third-order valence-corrected chi connectivity index (χ3v) is 4.68. The minimum atomic E-state index is -1.02. The summed E-state index contributed by atoms with van der Waals surface area (Å²) in [6.07, 6.45) is 5.53. The Bertz CT molecular complexity index is 649. The van der Waals surface area contributed by atoms with Crippen molar-refractivity contribution in [3.63, 3.8) is 0 Å². The molecule has 0 spiro atoms. The molecule has 0 saturated heterocycles. The van der Waals surface area contributed by atoms with Gasteiger partial charge in [0, 0.05) is 6.20 Å². The van der Waals surface area contributed by atoms with Gasteiger partial charge in [0.05, 0.1) is 6.61 Å². The summed E-state index contributed by atoms with van der Waals surface area (Å²) in [5.74, 6) is -0.164. The number of aromatic nitrogens is 1. The van der Waals surface area contributed by atoms with E-state index in [0.29, 0.717) is 12.5 Å². The topological polar surface area (TPSA) is 22.1 Å². The molecule has 0 atom stereocenters. The molecule has 1 fully saturated rings. The third kappa shape index (κ3) is 3.69. The predicted molar refractivity (Wildman–Crippen MR) is 85.7 cm³/mol. The van der Waals surface area contributed by atoms with Crippen LogP contribution >= 0.6 is 0 Å². The van der Waals surface area contributed by atoms with E-state index in [2.05, 4.69) is 17.1 Å². The van der Waals surface area contributed by atoms with Crippen LogP contribution in [0.15, 0.2) is 36.5 Å². The molecular weight excluding hydrogens is 296 g/mol. The van der Waals surface area contributed by atoms with E-state index in [1.165, 1.54) is 17.8 Å². The lowest BCUT2D eigenvalue weighted by molar-refractivity contribution is 0.339. The van der Waals surface area contributed by atoms with Crippen molar-refractivity contribution in [3.05, 3.63) is 59.4 Å². The van der Waals surface area contributed by atoms with E-state index in [0.717, 1.165) is 37.0 Å². The summed E-state index contributed by atoms with van der Waals surface area (Å²) in [5.41, 5.74) is 2.14. The Morgan fingerprint density at radius 3 is 2.17 bits per heavy atom. The fourth-order valence-electron chi connectivity index (χ4n) is 3.42. The number of halogens is 2. The van der Waals surface area contributed by atoms with Crippen LogP contribution < -0.4 is 4.74 Å². The van der Waals surface area contributed by atoms with E-state index >= 15 is 0 Å². The van der Waals surface area contributed by atoms with Crippen molar-refractivity contribution < 1.29 is 13.5 Å². The summed E-state index contributed by atoms with van der Waals surface area (Å²) in [4.78, 5) is 3.50. The Labute approximate surface area is 135 Å². The van der Waals surface area contributed by atoms with E-state index in [9.17, 15) is 8.78 Å². The Morgan fingerprint density at radius 1 is 1.00 bits per heavy atom. The first-order valence-corrected chi connectivity index (χ1v) is 8.21. The Kier molecular flexibility index (Phi) is 4.89. The molecule has 4 heteroatoms. The minimum Gasteiger partial charge on any atom is -0.494 e. The van der Waals surface area contributed by atoms with Gasteiger partial charge in [-0.2, -0.15) is 4.39 Å². The summed E-state index contributed by atoms with van der Waals surface area (Å²) in [7, 11) is 0. The fourth-order valence-corrected chi connectivity index (χ4v) is 3.42. The van der Waals surface area contributed by atoms with Crippen molar-refractivity contribution in [2.45, 2.75) is 44.4 Å². The smallest absolute Gasteiger partial charge is 0.248 e. The summed E-state index contributed by atoms with van der Waals surface area (Å²) >= 11 is 0. The molecule has 1 saturated carbocycles. The molecule has 1 heterocycles. The second-order valence-corrected chi connectivity index (χ2v) is 6.09. The lowest BCUT2D eigenvalue weighted by atomic mass is 9.76. The number of hydrogen-bond donors (Lipinski definition) is 0. The maximum atomic E-state index is 13.3. The van der Waals surface area contributed by atoms with Crippen LogP contribution in [0.4, 0.5) is 8.78 Å². The highest BCUT2D eigenvalue weighted by molar-refractivity contribution is 5.30. The summed E-state index contributed by atoms with van der Waals surface area (Å²) in [6, 6.07) is 9.60. The molecule has 0 N–H and O–H groups in total. The van der Waals surface area contributed by atoms with Crippen LogP contribution in [0.1, 0.15) is 55.6 Å². The van der Waals surface area contributed by atoms with Crippen molar-refractivity contribution >= 4 is 0 Å². The van der Waals surface area contributed by atoms with Gasteiger partial charge < -0.3 is 4.74 Å². The number of rotatable bonds is 4. The van der Waals surface area contributed by atoms with Crippen LogP contribution in [0, 0.1) is 11.8 Å². The van der Waals surface area contributed by atoms with Crippen molar-refractivity contribution in [2.75, 3.05) is 6.61 Å². The van der Waals surface area contributed by atoms with Crippen LogP contribution in [0.3, 0.4) is 0 Å². The van der Waals surface area contributed by atoms with Gasteiger partial charge in [0.2, 0.25) is 5.95 Å². The van der Waals surface area contributed by atoms with Crippen LogP contribution in [0.25, 0.3) is 0 Å². The zero-order valence-corrected chi connectivity index (χ0v) is 13.3. The van der Waals surface area contributed by atoms with E-state index in [1.54, 1.807) is 0 Å². The average Bonchev–Trinajstić information content (AvgIpc) is 2.59. The number of nitrogens with zero attached hydrogens (tertiary/aromatic N) is 1. The molecule has 0 amide bonds. The van der Waals surface area contributed by atoms with Gasteiger partial charge in [-0.3, -0.25) is 0 Å². The van der Waals surface area contributed by atoms with Gasteiger partial charge in [0.15, 0.2) is 5.82 Å². The number of ether oxygens (including phenoxy) is 1. The zero-order valence-electron chi connectivity index (χ0n) is 13.3. The molecule has 0 aliphatic heterocycles. The van der Waals surface area contributed by atoms with E-state index < -0.39 is 11.8 Å². The first-order valence-electron chi connectivity index (χ1n) is 8.21.